The van der Waals surface area contributed by atoms with Crippen LogP contribution in [0.2, 0.25) is 0 Å². The number of allylic oxidation sites excluding steroid dienone is 1. The van der Waals surface area contributed by atoms with Crippen molar-refractivity contribution < 1.29 is 14.6 Å². The number of alkyl carbamates (subject to hydrolysis) is 1. The number of ether oxygens (including phenoxy) is 1. The number of rotatable bonds is 8. The Morgan fingerprint density at radius 3 is 2.56 bits per heavy atom. The van der Waals surface area contributed by atoms with Gasteiger partial charge < -0.3 is 15.2 Å². The monoisotopic (exact) mass is 257 g/mol. The summed E-state index contributed by atoms with van der Waals surface area (Å²) in [4.78, 5) is 11.5. The number of carbonyl (C=O) groups is 1. The molecule has 0 heterocycles. The number of amides is 1. The van der Waals surface area contributed by atoms with Crippen LogP contribution in [-0.2, 0) is 4.74 Å². The first-order valence-corrected chi connectivity index (χ1v) is 6.60. The van der Waals surface area contributed by atoms with Gasteiger partial charge in [-0.15, -0.1) is 6.58 Å². The molecular formula is C14H27NO3. The fourth-order valence-electron chi connectivity index (χ4n) is 1.54. The second-order valence-corrected chi connectivity index (χ2v) is 5.45. The average Bonchev–Trinajstić information content (AvgIpc) is 2.24. The molecule has 106 valence electrons. The van der Waals surface area contributed by atoms with Gasteiger partial charge in [0.2, 0.25) is 0 Å². The molecule has 0 saturated carbocycles. The van der Waals surface area contributed by atoms with Crippen LogP contribution in [0.25, 0.3) is 0 Å². The third kappa shape index (κ3) is 10.1. The molecule has 1 amide bonds. The van der Waals surface area contributed by atoms with Gasteiger partial charge in [-0.2, -0.15) is 0 Å². The highest BCUT2D eigenvalue weighted by Gasteiger charge is 2.18. The number of aliphatic hydroxyl groups excluding tert-OH is 1. The Balaban J connectivity index is 3.82. The Hall–Kier alpha value is -1.03. The molecule has 0 aromatic rings. The van der Waals surface area contributed by atoms with E-state index >= 15 is 0 Å². The molecule has 0 bridgehead atoms. The summed E-state index contributed by atoms with van der Waals surface area (Å²) in [6.45, 7) is 9.06. The Kier molecular flexibility index (Phi) is 8.46. The molecule has 0 unspecified atom stereocenters. The van der Waals surface area contributed by atoms with Crippen LogP contribution in [0.3, 0.4) is 0 Å². The minimum absolute atomic E-state index is 0.0549. The lowest BCUT2D eigenvalue weighted by Gasteiger charge is -2.22. The molecule has 0 aliphatic heterocycles. The summed E-state index contributed by atoms with van der Waals surface area (Å²) >= 11 is 0. The minimum atomic E-state index is -0.506. The quantitative estimate of drug-likeness (QED) is 0.519. The molecule has 0 spiro atoms. The topological polar surface area (TPSA) is 58.6 Å². The molecule has 4 heteroatoms. The third-order valence-corrected chi connectivity index (χ3v) is 2.40. The van der Waals surface area contributed by atoms with Crippen LogP contribution in [0.4, 0.5) is 4.79 Å². The first kappa shape index (κ1) is 17.0. The van der Waals surface area contributed by atoms with Crippen molar-refractivity contribution in [3.05, 3.63) is 12.7 Å². The number of unbranched alkanes of at least 4 members (excludes halogenated alkanes) is 3. The number of hydrogen-bond donors (Lipinski definition) is 2. The molecule has 18 heavy (non-hydrogen) atoms. The SMILES string of the molecule is C=CCCCCC[C@@H](CO)NC(=O)OC(C)(C)C. The maximum absolute atomic E-state index is 11.5. The van der Waals surface area contributed by atoms with Crippen molar-refractivity contribution in [3.63, 3.8) is 0 Å². The third-order valence-electron chi connectivity index (χ3n) is 2.40. The highest BCUT2D eigenvalue weighted by atomic mass is 16.6. The lowest BCUT2D eigenvalue weighted by molar-refractivity contribution is 0.0478. The van der Waals surface area contributed by atoms with Crippen LogP contribution in [0, 0.1) is 0 Å². The second kappa shape index (κ2) is 8.97. The van der Waals surface area contributed by atoms with Crippen molar-refractivity contribution >= 4 is 6.09 Å². The molecule has 0 aliphatic rings. The number of hydrogen-bond acceptors (Lipinski definition) is 3. The highest BCUT2D eigenvalue weighted by Crippen LogP contribution is 2.09. The first-order chi connectivity index (χ1) is 8.39. The Morgan fingerprint density at radius 2 is 2.06 bits per heavy atom. The van der Waals surface area contributed by atoms with E-state index in [4.69, 9.17) is 4.74 Å². The van der Waals surface area contributed by atoms with Gasteiger partial charge >= 0.3 is 6.09 Å². The van der Waals surface area contributed by atoms with Gasteiger partial charge in [-0.25, -0.2) is 4.79 Å². The van der Waals surface area contributed by atoms with Crippen LogP contribution in [0.1, 0.15) is 52.9 Å². The molecule has 4 nitrogen and oxygen atoms in total. The van der Waals surface area contributed by atoms with Crippen LogP contribution >= 0.6 is 0 Å². The summed E-state index contributed by atoms with van der Waals surface area (Å²) in [6, 6.07) is -0.219. The van der Waals surface area contributed by atoms with Gasteiger partial charge in [0, 0.05) is 0 Å². The van der Waals surface area contributed by atoms with Crippen molar-refractivity contribution in [2.45, 2.75) is 64.5 Å². The van der Waals surface area contributed by atoms with Crippen molar-refractivity contribution in [2.24, 2.45) is 0 Å². The summed E-state index contributed by atoms with van der Waals surface area (Å²) in [5.41, 5.74) is -0.506. The molecule has 2 N–H and O–H groups in total. The van der Waals surface area contributed by atoms with Crippen LogP contribution in [-0.4, -0.2) is 29.4 Å². The highest BCUT2D eigenvalue weighted by molar-refractivity contribution is 5.68. The van der Waals surface area contributed by atoms with E-state index in [9.17, 15) is 9.90 Å². The fourth-order valence-corrected chi connectivity index (χ4v) is 1.54. The zero-order chi connectivity index (χ0) is 14.0. The van der Waals surface area contributed by atoms with Crippen molar-refractivity contribution in [2.75, 3.05) is 6.61 Å². The molecular weight excluding hydrogens is 230 g/mol. The second-order valence-electron chi connectivity index (χ2n) is 5.45. The lowest BCUT2D eigenvalue weighted by Crippen LogP contribution is -2.41. The number of carbonyl (C=O) groups excluding carboxylic acids is 1. The minimum Gasteiger partial charge on any atom is -0.444 e. The van der Waals surface area contributed by atoms with E-state index < -0.39 is 11.7 Å². The van der Waals surface area contributed by atoms with Crippen molar-refractivity contribution in [3.8, 4) is 0 Å². The standard InChI is InChI=1S/C14H27NO3/c1-5-6-7-8-9-10-12(11-16)15-13(17)18-14(2,3)4/h5,12,16H,1,6-11H2,2-4H3,(H,15,17)/t12-/m0/s1. The molecule has 1 atom stereocenters. The van der Waals surface area contributed by atoms with E-state index in [1.54, 1.807) is 0 Å². The normalized spacial score (nSPS) is 12.9. The van der Waals surface area contributed by atoms with Crippen LogP contribution in [0.5, 0.6) is 0 Å². The zero-order valence-electron chi connectivity index (χ0n) is 11.9. The largest absolute Gasteiger partial charge is 0.444 e. The number of aliphatic hydroxyl groups is 1. The van der Waals surface area contributed by atoms with E-state index in [2.05, 4.69) is 11.9 Å². The lowest BCUT2D eigenvalue weighted by atomic mass is 10.1. The predicted octanol–water partition coefficient (Wildman–Crippen LogP) is 3.01. The first-order valence-electron chi connectivity index (χ1n) is 6.60. The van der Waals surface area contributed by atoms with Crippen LogP contribution in [0.15, 0.2) is 12.7 Å². The predicted molar refractivity (Wildman–Crippen MR) is 73.5 cm³/mol. The molecule has 0 aromatic heterocycles. The molecule has 0 radical (unpaired) electrons. The van der Waals surface area contributed by atoms with Gasteiger partial charge in [-0.05, 0) is 40.0 Å². The molecule has 0 rings (SSSR count). The van der Waals surface area contributed by atoms with Gasteiger partial charge in [-0.3, -0.25) is 0 Å². The molecule has 0 aliphatic carbocycles. The fraction of sp³-hybridized carbons (Fsp3) is 0.786. The average molecular weight is 257 g/mol. The smallest absolute Gasteiger partial charge is 0.407 e. The van der Waals surface area contributed by atoms with E-state index in [0.717, 1.165) is 32.1 Å². The van der Waals surface area contributed by atoms with Gasteiger partial charge in [0.25, 0.3) is 0 Å². The van der Waals surface area contributed by atoms with Gasteiger partial charge in [0.15, 0.2) is 0 Å². The summed E-state index contributed by atoms with van der Waals surface area (Å²) in [5, 5.41) is 11.9. The van der Waals surface area contributed by atoms with Gasteiger partial charge in [-0.1, -0.05) is 18.9 Å². The van der Waals surface area contributed by atoms with Gasteiger partial charge in [0.05, 0.1) is 12.6 Å². The van der Waals surface area contributed by atoms with Crippen molar-refractivity contribution in [1.82, 2.24) is 5.32 Å². The zero-order valence-corrected chi connectivity index (χ0v) is 11.9. The maximum atomic E-state index is 11.5. The maximum Gasteiger partial charge on any atom is 0.407 e. The summed E-state index contributed by atoms with van der Waals surface area (Å²) in [6.07, 6.45) is 6.40. The van der Waals surface area contributed by atoms with Gasteiger partial charge in [0.1, 0.15) is 5.60 Å². The Morgan fingerprint density at radius 1 is 1.39 bits per heavy atom. The Bertz CT molecular complexity index is 246. The van der Waals surface area contributed by atoms with E-state index in [0.29, 0.717) is 0 Å². The molecule has 0 saturated heterocycles. The van der Waals surface area contributed by atoms with Crippen LogP contribution < -0.4 is 5.32 Å². The summed E-state index contributed by atoms with van der Waals surface area (Å²) in [5.74, 6) is 0. The summed E-state index contributed by atoms with van der Waals surface area (Å²) in [7, 11) is 0. The molecule has 0 aromatic carbocycles. The van der Waals surface area contributed by atoms with Crippen molar-refractivity contribution in [1.29, 1.82) is 0 Å². The summed E-state index contributed by atoms with van der Waals surface area (Å²) < 4.78 is 5.14. The van der Waals surface area contributed by atoms with E-state index in [1.165, 1.54) is 0 Å². The Labute approximate surface area is 110 Å². The van der Waals surface area contributed by atoms with E-state index in [1.807, 2.05) is 26.8 Å². The number of nitrogens with one attached hydrogen (secondary N) is 1. The molecule has 0 fully saturated rings. The van der Waals surface area contributed by atoms with E-state index in [-0.39, 0.29) is 12.6 Å².